The van der Waals surface area contributed by atoms with Crippen molar-refractivity contribution in [2.45, 2.75) is 40.7 Å². The maximum atomic E-state index is 11.2. The van der Waals surface area contributed by atoms with E-state index >= 15 is 0 Å². The van der Waals surface area contributed by atoms with Gasteiger partial charge in [0.15, 0.2) is 0 Å². The third-order valence-electron chi connectivity index (χ3n) is 1.84. The number of carbonyl (C=O) groups is 1. The summed E-state index contributed by atoms with van der Waals surface area (Å²) in [6, 6.07) is 0. The van der Waals surface area contributed by atoms with E-state index < -0.39 is 0 Å². The van der Waals surface area contributed by atoms with Crippen LogP contribution in [0.3, 0.4) is 0 Å². The van der Waals surface area contributed by atoms with E-state index in [0.717, 1.165) is 6.54 Å². The quantitative estimate of drug-likeness (QED) is 0.657. The van der Waals surface area contributed by atoms with Gasteiger partial charge < -0.3 is 9.64 Å². The number of rotatable bonds is 6. The van der Waals surface area contributed by atoms with Crippen LogP contribution < -0.4 is 0 Å². The van der Waals surface area contributed by atoms with Crippen LogP contribution in [0.4, 0.5) is 0 Å². The van der Waals surface area contributed by atoms with Crippen molar-refractivity contribution in [3.8, 4) is 0 Å². The molecular weight excluding hydrogens is 178 g/mol. The zero-order valence-electron chi connectivity index (χ0n) is 10.0. The van der Waals surface area contributed by atoms with Crippen molar-refractivity contribution in [3.05, 3.63) is 0 Å². The average Bonchev–Trinajstić information content (AvgIpc) is 2.00. The largest absolute Gasteiger partial charge is 0.377 e. The lowest BCUT2D eigenvalue weighted by Crippen LogP contribution is -2.35. The smallest absolute Gasteiger partial charge is 0.219 e. The summed E-state index contributed by atoms with van der Waals surface area (Å²) < 4.78 is 5.41. The van der Waals surface area contributed by atoms with Gasteiger partial charge in [-0.05, 0) is 19.8 Å². The number of hydrogen-bond acceptors (Lipinski definition) is 2. The van der Waals surface area contributed by atoms with Crippen molar-refractivity contribution >= 4 is 5.91 Å². The Labute approximate surface area is 87.4 Å². The highest BCUT2D eigenvalue weighted by molar-refractivity contribution is 5.73. The van der Waals surface area contributed by atoms with E-state index in [1.165, 1.54) is 0 Å². The third kappa shape index (κ3) is 6.89. The van der Waals surface area contributed by atoms with E-state index in [0.29, 0.717) is 19.1 Å². The Bertz CT molecular complexity index is 167. The molecule has 3 heteroatoms. The van der Waals surface area contributed by atoms with E-state index in [4.69, 9.17) is 4.74 Å². The number of hydrogen-bond donors (Lipinski definition) is 0. The maximum absolute atomic E-state index is 11.2. The first-order valence-electron chi connectivity index (χ1n) is 5.30. The summed E-state index contributed by atoms with van der Waals surface area (Å²) in [5.41, 5.74) is 0. The van der Waals surface area contributed by atoms with Crippen LogP contribution in [-0.4, -0.2) is 36.6 Å². The normalized spacial score (nSPS) is 11.1. The minimum atomic E-state index is 0.131. The van der Waals surface area contributed by atoms with E-state index in [2.05, 4.69) is 13.8 Å². The van der Waals surface area contributed by atoms with Crippen LogP contribution in [0.2, 0.25) is 0 Å². The standard InChI is InChI=1S/C11H23NO2/c1-9(2)8-12(11(5)13)6-7-14-10(3)4/h9-10H,6-8H2,1-5H3. The highest BCUT2D eigenvalue weighted by Gasteiger charge is 2.10. The van der Waals surface area contributed by atoms with Gasteiger partial charge in [-0.25, -0.2) is 0 Å². The Balaban J connectivity index is 3.80. The molecule has 0 saturated heterocycles. The second-order valence-electron chi connectivity index (χ2n) is 4.28. The average molecular weight is 201 g/mol. The molecule has 0 radical (unpaired) electrons. The first-order valence-corrected chi connectivity index (χ1v) is 5.30. The molecule has 0 aromatic carbocycles. The van der Waals surface area contributed by atoms with Crippen LogP contribution in [0.5, 0.6) is 0 Å². The molecule has 0 rings (SSSR count). The number of carbonyl (C=O) groups excluding carboxylic acids is 1. The summed E-state index contributed by atoms with van der Waals surface area (Å²) >= 11 is 0. The van der Waals surface area contributed by atoms with Gasteiger partial charge >= 0.3 is 0 Å². The van der Waals surface area contributed by atoms with Crippen LogP contribution in [0.15, 0.2) is 0 Å². The van der Waals surface area contributed by atoms with E-state index in [1.54, 1.807) is 6.92 Å². The molecule has 0 aromatic rings. The van der Waals surface area contributed by atoms with Crippen molar-refractivity contribution < 1.29 is 9.53 Å². The Morgan fingerprint density at radius 1 is 1.29 bits per heavy atom. The number of amides is 1. The molecule has 0 saturated carbocycles. The molecule has 0 aliphatic rings. The van der Waals surface area contributed by atoms with Gasteiger partial charge in [-0.15, -0.1) is 0 Å². The van der Waals surface area contributed by atoms with Crippen LogP contribution in [-0.2, 0) is 9.53 Å². The molecule has 0 spiro atoms. The molecule has 0 N–H and O–H groups in total. The SMILES string of the molecule is CC(=O)N(CCOC(C)C)CC(C)C. The first-order chi connectivity index (χ1) is 6.43. The highest BCUT2D eigenvalue weighted by Crippen LogP contribution is 1.99. The summed E-state index contributed by atoms with van der Waals surface area (Å²) in [6.07, 6.45) is 0.239. The Morgan fingerprint density at radius 2 is 1.86 bits per heavy atom. The first kappa shape index (κ1) is 13.4. The van der Waals surface area contributed by atoms with Crippen molar-refractivity contribution in [1.29, 1.82) is 0 Å². The molecule has 14 heavy (non-hydrogen) atoms. The van der Waals surface area contributed by atoms with Crippen molar-refractivity contribution in [1.82, 2.24) is 4.90 Å². The van der Waals surface area contributed by atoms with Gasteiger partial charge in [-0.3, -0.25) is 4.79 Å². The van der Waals surface area contributed by atoms with Gasteiger partial charge in [0.1, 0.15) is 0 Å². The lowest BCUT2D eigenvalue weighted by atomic mass is 10.2. The summed E-state index contributed by atoms with van der Waals surface area (Å²) in [5.74, 6) is 0.643. The van der Waals surface area contributed by atoms with Crippen molar-refractivity contribution in [2.75, 3.05) is 19.7 Å². The topological polar surface area (TPSA) is 29.5 Å². The lowest BCUT2D eigenvalue weighted by molar-refractivity contribution is -0.130. The Morgan fingerprint density at radius 3 is 2.21 bits per heavy atom. The molecule has 0 aliphatic heterocycles. The predicted molar refractivity (Wildman–Crippen MR) is 58.2 cm³/mol. The summed E-state index contributed by atoms with van der Waals surface area (Å²) in [4.78, 5) is 13.1. The molecule has 0 heterocycles. The van der Waals surface area contributed by atoms with Gasteiger partial charge in [0, 0.05) is 20.0 Å². The van der Waals surface area contributed by atoms with E-state index in [-0.39, 0.29) is 12.0 Å². The van der Waals surface area contributed by atoms with E-state index in [1.807, 2.05) is 18.7 Å². The van der Waals surface area contributed by atoms with Crippen molar-refractivity contribution in [3.63, 3.8) is 0 Å². The monoisotopic (exact) mass is 201 g/mol. The molecule has 0 aliphatic carbocycles. The molecule has 0 bridgehead atoms. The lowest BCUT2D eigenvalue weighted by Gasteiger charge is -2.23. The van der Waals surface area contributed by atoms with Gasteiger partial charge in [-0.2, -0.15) is 0 Å². The minimum Gasteiger partial charge on any atom is -0.377 e. The zero-order valence-corrected chi connectivity index (χ0v) is 10.0. The molecule has 0 aromatic heterocycles. The third-order valence-corrected chi connectivity index (χ3v) is 1.84. The summed E-state index contributed by atoms with van der Waals surface area (Å²) in [5, 5.41) is 0. The van der Waals surface area contributed by atoms with Crippen molar-refractivity contribution in [2.24, 2.45) is 5.92 Å². The highest BCUT2D eigenvalue weighted by atomic mass is 16.5. The number of nitrogens with zero attached hydrogens (tertiary/aromatic N) is 1. The molecule has 0 fully saturated rings. The molecular formula is C11H23NO2. The van der Waals surface area contributed by atoms with Crippen LogP contribution in [0, 0.1) is 5.92 Å². The molecule has 0 atom stereocenters. The van der Waals surface area contributed by atoms with Gasteiger partial charge in [0.05, 0.1) is 12.7 Å². The fourth-order valence-electron chi connectivity index (χ4n) is 1.22. The van der Waals surface area contributed by atoms with Gasteiger partial charge in [0.25, 0.3) is 0 Å². The second-order valence-corrected chi connectivity index (χ2v) is 4.28. The molecule has 3 nitrogen and oxygen atoms in total. The van der Waals surface area contributed by atoms with Crippen LogP contribution >= 0.6 is 0 Å². The Kier molecular flexibility index (Phi) is 6.54. The fraction of sp³-hybridized carbons (Fsp3) is 0.909. The molecule has 1 amide bonds. The maximum Gasteiger partial charge on any atom is 0.219 e. The van der Waals surface area contributed by atoms with E-state index in [9.17, 15) is 4.79 Å². The van der Waals surface area contributed by atoms with Gasteiger partial charge in [-0.1, -0.05) is 13.8 Å². The number of ether oxygens (including phenoxy) is 1. The molecule has 84 valence electrons. The van der Waals surface area contributed by atoms with Crippen LogP contribution in [0.25, 0.3) is 0 Å². The second kappa shape index (κ2) is 6.82. The van der Waals surface area contributed by atoms with Crippen LogP contribution in [0.1, 0.15) is 34.6 Å². The predicted octanol–water partition coefficient (Wildman–Crippen LogP) is 1.92. The summed E-state index contributed by atoms with van der Waals surface area (Å²) in [7, 11) is 0. The summed E-state index contributed by atoms with van der Waals surface area (Å²) in [6.45, 7) is 12.0. The zero-order chi connectivity index (χ0) is 11.1. The fourth-order valence-corrected chi connectivity index (χ4v) is 1.22. The Hall–Kier alpha value is -0.570. The molecule has 0 unspecified atom stereocenters. The van der Waals surface area contributed by atoms with Gasteiger partial charge in [0.2, 0.25) is 5.91 Å². The minimum absolute atomic E-state index is 0.131.